The van der Waals surface area contributed by atoms with Crippen LogP contribution in [0.5, 0.6) is 5.75 Å². The average molecular weight is 339 g/mol. The van der Waals surface area contributed by atoms with Crippen LogP contribution in [0.2, 0.25) is 10.0 Å². The third kappa shape index (κ3) is 4.65. The Morgan fingerprint density at radius 3 is 2.50 bits per heavy atom. The number of nitrogens with one attached hydrogen (secondary N) is 2. The van der Waals surface area contributed by atoms with E-state index in [-0.39, 0.29) is 0 Å². The van der Waals surface area contributed by atoms with Gasteiger partial charge in [-0.3, -0.25) is 4.79 Å². The molecule has 0 fully saturated rings. The van der Waals surface area contributed by atoms with Crippen molar-refractivity contribution in [1.82, 2.24) is 0 Å². The van der Waals surface area contributed by atoms with Crippen molar-refractivity contribution >= 4 is 46.6 Å². The van der Waals surface area contributed by atoms with Crippen molar-refractivity contribution in [3.05, 3.63) is 52.5 Å². The van der Waals surface area contributed by atoms with Gasteiger partial charge >= 0.3 is 12.0 Å². The van der Waals surface area contributed by atoms with Crippen molar-refractivity contribution in [2.45, 2.75) is 6.92 Å². The van der Waals surface area contributed by atoms with Gasteiger partial charge in [0.1, 0.15) is 5.75 Å². The topological polar surface area (TPSA) is 67.4 Å². The molecule has 0 atom stereocenters. The van der Waals surface area contributed by atoms with Crippen molar-refractivity contribution in [1.29, 1.82) is 0 Å². The van der Waals surface area contributed by atoms with E-state index in [1.54, 1.807) is 30.3 Å². The fourth-order valence-corrected chi connectivity index (χ4v) is 2.13. The van der Waals surface area contributed by atoms with Crippen LogP contribution in [-0.4, -0.2) is 12.0 Å². The molecule has 0 heterocycles. The predicted molar refractivity (Wildman–Crippen MR) is 86.9 cm³/mol. The minimum Gasteiger partial charge on any atom is -0.427 e. The number of carbonyl (C=O) groups is 2. The van der Waals surface area contributed by atoms with E-state index in [2.05, 4.69) is 10.6 Å². The summed E-state index contributed by atoms with van der Waals surface area (Å²) in [5.74, 6) is -0.0932. The summed E-state index contributed by atoms with van der Waals surface area (Å²) in [6.07, 6.45) is 0. The Morgan fingerprint density at radius 1 is 1.05 bits per heavy atom. The van der Waals surface area contributed by atoms with Crippen LogP contribution in [0.15, 0.2) is 42.5 Å². The van der Waals surface area contributed by atoms with Crippen molar-refractivity contribution in [3.63, 3.8) is 0 Å². The summed E-state index contributed by atoms with van der Waals surface area (Å²) in [7, 11) is 0. The summed E-state index contributed by atoms with van der Waals surface area (Å²) in [6.45, 7) is 1.30. The molecule has 0 saturated carbocycles. The zero-order valence-corrected chi connectivity index (χ0v) is 13.0. The number of hydrogen-bond acceptors (Lipinski definition) is 3. The number of amides is 2. The molecule has 22 heavy (non-hydrogen) atoms. The molecule has 0 spiro atoms. The van der Waals surface area contributed by atoms with Gasteiger partial charge in [-0.25, -0.2) is 4.79 Å². The maximum atomic E-state index is 11.9. The molecule has 0 unspecified atom stereocenters. The smallest absolute Gasteiger partial charge is 0.323 e. The summed E-state index contributed by atoms with van der Waals surface area (Å²) in [4.78, 5) is 22.8. The lowest BCUT2D eigenvalue weighted by molar-refractivity contribution is -0.131. The Morgan fingerprint density at radius 2 is 1.82 bits per heavy atom. The van der Waals surface area contributed by atoms with Crippen LogP contribution in [0.4, 0.5) is 16.2 Å². The van der Waals surface area contributed by atoms with Gasteiger partial charge in [0.15, 0.2) is 0 Å². The number of esters is 1. The van der Waals surface area contributed by atoms with Crippen LogP contribution in [0.3, 0.4) is 0 Å². The third-order valence-corrected chi connectivity index (χ3v) is 3.08. The summed E-state index contributed by atoms with van der Waals surface area (Å²) in [6, 6.07) is 10.7. The second-order valence-electron chi connectivity index (χ2n) is 4.32. The van der Waals surface area contributed by atoms with E-state index in [1.807, 2.05) is 0 Å². The van der Waals surface area contributed by atoms with Crippen LogP contribution in [0.25, 0.3) is 0 Å². The highest BCUT2D eigenvalue weighted by molar-refractivity contribution is 6.36. The first-order chi connectivity index (χ1) is 10.4. The zero-order chi connectivity index (χ0) is 16.1. The number of halogens is 2. The lowest BCUT2D eigenvalue weighted by atomic mass is 10.3. The van der Waals surface area contributed by atoms with Crippen molar-refractivity contribution in [3.8, 4) is 5.75 Å². The number of hydrogen-bond donors (Lipinski definition) is 2. The number of ether oxygens (including phenoxy) is 1. The fraction of sp³-hybridized carbons (Fsp3) is 0.0667. The van der Waals surface area contributed by atoms with E-state index < -0.39 is 12.0 Å². The SMILES string of the molecule is CC(=O)Oc1cccc(NC(=O)Nc2ccc(Cl)cc2Cl)c1. The number of urea groups is 1. The molecule has 0 aliphatic heterocycles. The summed E-state index contributed by atoms with van der Waals surface area (Å²) in [5.41, 5.74) is 0.904. The molecular weight excluding hydrogens is 327 g/mol. The molecule has 7 heteroatoms. The molecule has 0 bridgehead atoms. The Balaban J connectivity index is 2.04. The molecule has 0 radical (unpaired) electrons. The zero-order valence-electron chi connectivity index (χ0n) is 11.5. The van der Waals surface area contributed by atoms with Crippen LogP contribution >= 0.6 is 23.2 Å². The molecule has 2 rings (SSSR count). The minimum absolute atomic E-state index is 0.330. The molecule has 2 aromatic carbocycles. The van der Waals surface area contributed by atoms with Crippen LogP contribution < -0.4 is 15.4 Å². The number of benzene rings is 2. The maximum Gasteiger partial charge on any atom is 0.323 e. The highest BCUT2D eigenvalue weighted by Gasteiger charge is 2.07. The molecule has 0 aliphatic rings. The van der Waals surface area contributed by atoms with Crippen LogP contribution in [0, 0.1) is 0 Å². The average Bonchev–Trinajstić information content (AvgIpc) is 2.41. The standard InChI is InChI=1S/C15H12Cl2N2O3/c1-9(20)22-12-4-2-3-11(8-12)18-15(21)19-14-6-5-10(16)7-13(14)17/h2-8H,1H3,(H2,18,19,21). The van der Waals surface area contributed by atoms with Gasteiger partial charge in [0, 0.05) is 23.7 Å². The van der Waals surface area contributed by atoms with E-state index in [0.717, 1.165) is 0 Å². The first-order valence-corrected chi connectivity index (χ1v) is 7.01. The van der Waals surface area contributed by atoms with Crippen molar-refractivity contribution < 1.29 is 14.3 Å². The van der Waals surface area contributed by atoms with Crippen LogP contribution in [0.1, 0.15) is 6.92 Å². The third-order valence-electron chi connectivity index (χ3n) is 2.53. The monoisotopic (exact) mass is 338 g/mol. The van der Waals surface area contributed by atoms with Gasteiger partial charge < -0.3 is 15.4 Å². The maximum absolute atomic E-state index is 11.9. The Labute approximate surface area is 137 Å². The van der Waals surface area contributed by atoms with E-state index in [0.29, 0.717) is 27.2 Å². The van der Waals surface area contributed by atoms with Gasteiger partial charge in [-0.05, 0) is 30.3 Å². The Kier molecular flexibility index (Phi) is 5.25. The molecule has 5 nitrogen and oxygen atoms in total. The molecule has 0 saturated heterocycles. The first-order valence-electron chi connectivity index (χ1n) is 6.25. The highest BCUT2D eigenvalue weighted by Crippen LogP contribution is 2.25. The van der Waals surface area contributed by atoms with Gasteiger partial charge in [0.05, 0.1) is 10.7 Å². The molecule has 0 aromatic heterocycles. The number of carbonyl (C=O) groups excluding carboxylic acids is 2. The molecule has 2 N–H and O–H groups in total. The lowest BCUT2D eigenvalue weighted by Crippen LogP contribution is -2.19. The van der Waals surface area contributed by atoms with E-state index in [4.69, 9.17) is 27.9 Å². The van der Waals surface area contributed by atoms with Gasteiger partial charge in [-0.15, -0.1) is 0 Å². The van der Waals surface area contributed by atoms with E-state index in [9.17, 15) is 9.59 Å². The second-order valence-corrected chi connectivity index (χ2v) is 5.17. The Bertz CT molecular complexity index is 720. The Hall–Kier alpha value is -2.24. The normalized spacial score (nSPS) is 9.95. The van der Waals surface area contributed by atoms with Crippen molar-refractivity contribution in [2.24, 2.45) is 0 Å². The van der Waals surface area contributed by atoms with Gasteiger partial charge in [0.2, 0.25) is 0 Å². The van der Waals surface area contributed by atoms with Gasteiger partial charge in [-0.2, -0.15) is 0 Å². The number of anilines is 2. The van der Waals surface area contributed by atoms with Gasteiger partial charge in [0.25, 0.3) is 0 Å². The van der Waals surface area contributed by atoms with E-state index >= 15 is 0 Å². The van der Waals surface area contributed by atoms with Gasteiger partial charge in [-0.1, -0.05) is 29.3 Å². The number of rotatable bonds is 3. The molecule has 2 amide bonds. The molecule has 0 aliphatic carbocycles. The van der Waals surface area contributed by atoms with Crippen molar-refractivity contribution in [2.75, 3.05) is 10.6 Å². The van der Waals surface area contributed by atoms with Crippen LogP contribution in [-0.2, 0) is 4.79 Å². The first kappa shape index (κ1) is 16.1. The lowest BCUT2D eigenvalue weighted by Gasteiger charge is -2.10. The summed E-state index contributed by atoms with van der Waals surface area (Å²) in [5, 5.41) is 6.02. The van der Waals surface area contributed by atoms with E-state index in [1.165, 1.54) is 19.1 Å². The minimum atomic E-state index is -0.482. The largest absolute Gasteiger partial charge is 0.427 e. The molecule has 114 valence electrons. The quantitative estimate of drug-likeness (QED) is 0.636. The summed E-state index contributed by atoms with van der Waals surface area (Å²) < 4.78 is 4.94. The summed E-state index contributed by atoms with van der Waals surface area (Å²) >= 11 is 11.8. The highest BCUT2D eigenvalue weighted by atomic mass is 35.5. The fourth-order valence-electron chi connectivity index (χ4n) is 1.68. The molecular formula is C15H12Cl2N2O3. The molecule has 2 aromatic rings. The predicted octanol–water partition coefficient (Wildman–Crippen LogP) is 4.56. The second kappa shape index (κ2) is 7.15.